The van der Waals surface area contributed by atoms with Crippen molar-refractivity contribution in [3.05, 3.63) is 95.1 Å². The van der Waals surface area contributed by atoms with Gasteiger partial charge in [-0.05, 0) is 59.3 Å². The number of aliphatic hydroxyl groups excluding tert-OH is 2. The summed E-state index contributed by atoms with van der Waals surface area (Å²) in [6, 6.07) is 24.0. The smallest absolute Gasteiger partial charge is 0.303 e. The zero-order valence-corrected chi connectivity index (χ0v) is 24.2. The molecular formula is C34H40N2O7. The minimum Gasteiger partial charge on any atom is -0.481 e. The van der Waals surface area contributed by atoms with E-state index < -0.39 is 12.3 Å². The predicted octanol–water partition coefficient (Wildman–Crippen LogP) is 4.33. The van der Waals surface area contributed by atoms with Crippen LogP contribution in [-0.4, -0.2) is 63.9 Å². The van der Waals surface area contributed by atoms with E-state index in [1.807, 2.05) is 66.7 Å². The molecule has 43 heavy (non-hydrogen) atoms. The van der Waals surface area contributed by atoms with Crippen LogP contribution in [0.4, 0.5) is 0 Å². The van der Waals surface area contributed by atoms with Gasteiger partial charge in [-0.3, -0.25) is 14.5 Å². The number of amides is 1. The third-order valence-corrected chi connectivity index (χ3v) is 8.24. The van der Waals surface area contributed by atoms with E-state index in [4.69, 9.17) is 14.6 Å². The van der Waals surface area contributed by atoms with Crippen LogP contribution in [0.3, 0.4) is 0 Å². The molecule has 2 aliphatic rings. The van der Waals surface area contributed by atoms with Gasteiger partial charge in [0.15, 0.2) is 6.29 Å². The molecule has 0 aliphatic carbocycles. The van der Waals surface area contributed by atoms with Gasteiger partial charge in [-0.2, -0.15) is 0 Å². The Balaban J connectivity index is 1.33. The second-order valence-corrected chi connectivity index (χ2v) is 11.3. The van der Waals surface area contributed by atoms with Crippen molar-refractivity contribution in [3.63, 3.8) is 0 Å². The van der Waals surface area contributed by atoms with Crippen LogP contribution in [0.2, 0.25) is 0 Å². The van der Waals surface area contributed by atoms with Gasteiger partial charge in [0.2, 0.25) is 5.91 Å². The topological polar surface area (TPSA) is 129 Å². The summed E-state index contributed by atoms with van der Waals surface area (Å²) in [5.41, 5.74) is 5.64. The third kappa shape index (κ3) is 8.28. The Hall–Kier alpha value is -3.60. The first-order valence-corrected chi connectivity index (χ1v) is 14.9. The summed E-state index contributed by atoms with van der Waals surface area (Å²) >= 11 is 0. The molecule has 1 amide bonds. The molecule has 3 aromatic carbocycles. The molecule has 9 nitrogen and oxygen atoms in total. The molecule has 0 aromatic heterocycles. The summed E-state index contributed by atoms with van der Waals surface area (Å²) in [5, 5.41) is 31.0. The number of aliphatic hydroxyl groups is 2. The van der Waals surface area contributed by atoms with Crippen LogP contribution in [0.25, 0.3) is 11.1 Å². The van der Waals surface area contributed by atoms with Crippen molar-refractivity contribution in [3.8, 4) is 11.1 Å². The van der Waals surface area contributed by atoms with E-state index >= 15 is 0 Å². The van der Waals surface area contributed by atoms with Crippen LogP contribution in [0, 0.1) is 0 Å². The van der Waals surface area contributed by atoms with Gasteiger partial charge in [-0.1, -0.05) is 60.7 Å². The first-order valence-electron chi connectivity index (χ1n) is 14.9. The van der Waals surface area contributed by atoms with E-state index in [1.165, 1.54) is 0 Å². The second-order valence-electron chi connectivity index (χ2n) is 11.3. The van der Waals surface area contributed by atoms with Crippen LogP contribution in [0.5, 0.6) is 0 Å². The molecule has 2 heterocycles. The van der Waals surface area contributed by atoms with Crippen molar-refractivity contribution >= 4 is 11.9 Å². The average Bonchev–Trinajstić information content (AvgIpc) is 3.49. The Morgan fingerprint density at radius 1 is 0.884 bits per heavy atom. The summed E-state index contributed by atoms with van der Waals surface area (Å²) in [4.78, 5) is 25.1. The Morgan fingerprint density at radius 3 is 2.40 bits per heavy atom. The van der Waals surface area contributed by atoms with Crippen molar-refractivity contribution < 1.29 is 34.4 Å². The molecule has 2 fully saturated rings. The maximum atomic E-state index is 12.0. The molecule has 4 atom stereocenters. The zero-order chi connectivity index (χ0) is 30.2. The highest BCUT2D eigenvalue weighted by molar-refractivity contribution is 5.80. The second kappa shape index (κ2) is 14.7. The van der Waals surface area contributed by atoms with Gasteiger partial charge in [-0.25, -0.2) is 0 Å². The van der Waals surface area contributed by atoms with Crippen LogP contribution >= 0.6 is 0 Å². The van der Waals surface area contributed by atoms with Crippen molar-refractivity contribution in [2.24, 2.45) is 0 Å². The number of nitrogens with zero attached hydrogens (tertiary/aromatic N) is 1. The van der Waals surface area contributed by atoms with Gasteiger partial charge < -0.3 is 30.1 Å². The molecule has 2 aliphatic heterocycles. The summed E-state index contributed by atoms with van der Waals surface area (Å²) in [6.07, 6.45) is 1.62. The molecule has 0 radical (unpaired) electrons. The lowest BCUT2D eigenvalue weighted by molar-refractivity contribution is -0.253. The minimum absolute atomic E-state index is 0.0112. The first-order chi connectivity index (χ1) is 20.9. The number of benzene rings is 3. The SMILES string of the molecule is O=C(O)CCC(=O)NCc1cccc(-c2cccc(C3OC(CN4CCCC4CO)CC(c4ccc(CO)cc4)O3)c2)c1. The summed E-state index contributed by atoms with van der Waals surface area (Å²) in [6.45, 7) is 2.10. The number of carboxylic acids is 1. The van der Waals surface area contributed by atoms with Crippen LogP contribution in [0.1, 0.15) is 66.8 Å². The Morgan fingerprint density at radius 2 is 1.65 bits per heavy atom. The van der Waals surface area contributed by atoms with E-state index in [0.29, 0.717) is 13.0 Å². The number of likely N-dealkylation sites (tertiary alicyclic amines) is 1. The molecule has 2 saturated heterocycles. The molecule has 9 heteroatoms. The molecule has 0 spiro atoms. The maximum Gasteiger partial charge on any atom is 0.303 e. The molecule has 4 N–H and O–H groups in total. The molecule has 3 aromatic rings. The van der Waals surface area contributed by atoms with E-state index in [-0.39, 0.29) is 50.2 Å². The van der Waals surface area contributed by atoms with Gasteiger partial charge in [0.25, 0.3) is 0 Å². The van der Waals surface area contributed by atoms with E-state index in [9.17, 15) is 19.8 Å². The number of hydrogen-bond donors (Lipinski definition) is 4. The number of carboxylic acid groups (broad SMARTS) is 1. The highest BCUT2D eigenvalue weighted by Gasteiger charge is 2.35. The number of aliphatic carboxylic acids is 1. The third-order valence-electron chi connectivity index (χ3n) is 8.24. The van der Waals surface area contributed by atoms with Gasteiger partial charge in [0, 0.05) is 37.5 Å². The fourth-order valence-corrected chi connectivity index (χ4v) is 5.87. The molecule has 0 saturated carbocycles. The Labute approximate surface area is 252 Å². The molecule has 4 unspecified atom stereocenters. The van der Waals surface area contributed by atoms with E-state index in [2.05, 4.69) is 16.3 Å². The normalized spacial score (nSPS) is 22.4. The van der Waals surface area contributed by atoms with Gasteiger partial charge in [-0.15, -0.1) is 0 Å². The van der Waals surface area contributed by atoms with Gasteiger partial charge in [0.1, 0.15) is 0 Å². The summed E-state index contributed by atoms with van der Waals surface area (Å²) in [5.74, 6) is -1.29. The maximum absolute atomic E-state index is 12.0. The molecule has 0 bridgehead atoms. The number of carbonyl (C=O) groups is 2. The minimum atomic E-state index is -0.995. The average molecular weight is 589 g/mol. The first kappa shape index (κ1) is 30.8. The van der Waals surface area contributed by atoms with Crippen LogP contribution in [0.15, 0.2) is 72.8 Å². The van der Waals surface area contributed by atoms with Crippen molar-refractivity contribution in [2.75, 3.05) is 19.7 Å². The molecule has 228 valence electrons. The van der Waals surface area contributed by atoms with Crippen LogP contribution in [-0.2, 0) is 32.2 Å². The van der Waals surface area contributed by atoms with Crippen LogP contribution < -0.4 is 5.32 Å². The van der Waals surface area contributed by atoms with Crippen molar-refractivity contribution in [2.45, 2.75) is 69.8 Å². The standard InChI is InChI=1S/C34H40N2O7/c37-21-23-9-11-25(12-10-23)31-18-30(20-36-15-3-8-29(36)22-38)42-34(43-31)28-7-2-6-27(17-28)26-5-1-4-24(16-26)19-35-32(39)13-14-33(40)41/h1-2,4-7,9-12,16-17,29-31,34,37-38H,3,8,13-15,18-22H2,(H,35,39)(H,40,41). The predicted molar refractivity (Wildman–Crippen MR) is 161 cm³/mol. The lowest BCUT2D eigenvalue weighted by Crippen LogP contribution is -2.42. The molecular weight excluding hydrogens is 548 g/mol. The fraction of sp³-hybridized carbons (Fsp3) is 0.412. The van der Waals surface area contributed by atoms with E-state index in [0.717, 1.165) is 59.3 Å². The Kier molecular flexibility index (Phi) is 10.6. The largest absolute Gasteiger partial charge is 0.481 e. The van der Waals surface area contributed by atoms with Gasteiger partial charge >= 0.3 is 5.97 Å². The monoisotopic (exact) mass is 588 g/mol. The quantitative estimate of drug-likeness (QED) is 0.246. The highest BCUT2D eigenvalue weighted by Crippen LogP contribution is 2.39. The Bertz CT molecular complexity index is 1380. The summed E-state index contributed by atoms with van der Waals surface area (Å²) < 4.78 is 13.1. The van der Waals surface area contributed by atoms with Crippen molar-refractivity contribution in [1.29, 1.82) is 0 Å². The number of ether oxygens (including phenoxy) is 2. The number of hydrogen-bond acceptors (Lipinski definition) is 7. The van der Waals surface area contributed by atoms with E-state index in [1.54, 1.807) is 0 Å². The number of rotatable bonds is 12. The van der Waals surface area contributed by atoms with Crippen molar-refractivity contribution in [1.82, 2.24) is 10.2 Å². The zero-order valence-electron chi connectivity index (χ0n) is 24.2. The van der Waals surface area contributed by atoms with Gasteiger partial charge in [0.05, 0.1) is 31.8 Å². The fourth-order valence-electron chi connectivity index (χ4n) is 5.87. The number of carbonyl (C=O) groups excluding carboxylic acids is 1. The number of nitrogens with one attached hydrogen (secondary N) is 1. The summed E-state index contributed by atoms with van der Waals surface area (Å²) in [7, 11) is 0. The highest BCUT2D eigenvalue weighted by atomic mass is 16.7. The molecule has 5 rings (SSSR count). The lowest BCUT2D eigenvalue weighted by Gasteiger charge is -2.38. The lowest BCUT2D eigenvalue weighted by atomic mass is 9.98.